The predicted molar refractivity (Wildman–Crippen MR) is 108 cm³/mol. The molecule has 144 valence electrons. The zero-order chi connectivity index (χ0) is 19.5. The molecule has 0 fully saturated rings. The Bertz CT molecular complexity index is 548. The van der Waals surface area contributed by atoms with E-state index in [1.54, 1.807) is 0 Å². The van der Waals surface area contributed by atoms with Crippen molar-refractivity contribution in [3.05, 3.63) is 72.3 Å². The monoisotopic (exact) mass is 360 g/mol. The van der Waals surface area contributed by atoms with Crippen molar-refractivity contribution in [3.63, 3.8) is 0 Å². The van der Waals surface area contributed by atoms with Crippen LogP contribution in [-0.2, 0) is 4.79 Å². The van der Waals surface area contributed by atoms with Crippen molar-refractivity contribution in [3.8, 4) is 0 Å². The number of aliphatic hydroxyl groups is 2. The Morgan fingerprint density at radius 3 is 1.54 bits per heavy atom. The minimum Gasteiger partial charge on any atom is -0.508 e. The highest BCUT2D eigenvalue weighted by molar-refractivity contribution is 5.66. The highest BCUT2D eigenvalue weighted by atomic mass is 16.4. The third-order valence-electron chi connectivity index (χ3n) is 3.37. The smallest absolute Gasteiger partial charge is 0.303 e. The van der Waals surface area contributed by atoms with Crippen LogP contribution in [-0.4, -0.2) is 21.3 Å². The SMILES string of the molecule is CC/C=C\C/C=C\C/C(O)=C(/O)C/C=C\C/C=C\C/C=C\CCC(=O)O. The topological polar surface area (TPSA) is 77.8 Å². The van der Waals surface area contributed by atoms with Gasteiger partial charge in [-0.1, -0.05) is 67.7 Å². The van der Waals surface area contributed by atoms with Gasteiger partial charge < -0.3 is 15.3 Å². The van der Waals surface area contributed by atoms with E-state index in [0.717, 1.165) is 25.7 Å². The normalized spacial score (nSPS) is 13.7. The van der Waals surface area contributed by atoms with E-state index in [0.29, 0.717) is 19.3 Å². The molecule has 26 heavy (non-hydrogen) atoms. The van der Waals surface area contributed by atoms with Gasteiger partial charge in [0.15, 0.2) is 0 Å². The van der Waals surface area contributed by atoms with E-state index in [-0.39, 0.29) is 17.9 Å². The van der Waals surface area contributed by atoms with Gasteiger partial charge in [0.05, 0.1) is 0 Å². The summed E-state index contributed by atoms with van der Waals surface area (Å²) in [5, 5.41) is 28.0. The van der Waals surface area contributed by atoms with Crippen LogP contribution in [0.1, 0.15) is 58.3 Å². The molecule has 0 aromatic heterocycles. The molecule has 4 heteroatoms. The summed E-state index contributed by atoms with van der Waals surface area (Å²) < 4.78 is 0. The molecule has 0 heterocycles. The number of carboxylic acid groups (broad SMARTS) is 1. The number of hydrogen-bond donors (Lipinski definition) is 3. The zero-order valence-corrected chi connectivity index (χ0v) is 15.7. The average molecular weight is 360 g/mol. The lowest BCUT2D eigenvalue weighted by Gasteiger charge is -1.99. The number of carboxylic acids is 1. The van der Waals surface area contributed by atoms with Crippen molar-refractivity contribution in [2.24, 2.45) is 0 Å². The fraction of sp³-hybridized carbons (Fsp3) is 0.409. The molecule has 0 saturated carbocycles. The molecule has 0 aromatic rings. The first-order valence-corrected chi connectivity index (χ1v) is 9.14. The number of rotatable bonds is 14. The molecule has 0 radical (unpaired) electrons. The largest absolute Gasteiger partial charge is 0.508 e. The van der Waals surface area contributed by atoms with E-state index < -0.39 is 5.97 Å². The van der Waals surface area contributed by atoms with Gasteiger partial charge in [0, 0.05) is 19.3 Å². The lowest BCUT2D eigenvalue weighted by Crippen LogP contribution is -1.91. The van der Waals surface area contributed by atoms with E-state index >= 15 is 0 Å². The highest BCUT2D eigenvalue weighted by Gasteiger charge is 1.99. The van der Waals surface area contributed by atoms with Crippen LogP contribution in [0.25, 0.3) is 0 Å². The molecule has 0 amide bonds. The molecule has 0 atom stereocenters. The van der Waals surface area contributed by atoms with Gasteiger partial charge in [-0.25, -0.2) is 0 Å². The molecule has 0 spiro atoms. The summed E-state index contributed by atoms with van der Waals surface area (Å²) in [5.74, 6) is -0.772. The van der Waals surface area contributed by atoms with E-state index in [9.17, 15) is 15.0 Å². The van der Waals surface area contributed by atoms with E-state index in [1.165, 1.54) is 0 Å². The van der Waals surface area contributed by atoms with Gasteiger partial charge in [-0.15, -0.1) is 0 Å². The zero-order valence-electron chi connectivity index (χ0n) is 15.7. The summed E-state index contributed by atoms with van der Waals surface area (Å²) in [4.78, 5) is 10.3. The Hall–Kier alpha value is -2.49. The quantitative estimate of drug-likeness (QED) is 0.250. The van der Waals surface area contributed by atoms with Gasteiger partial charge in [-0.3, -0.25) is 4.79 Å². The van der Waals surface area contributed by atoms with Crippen molar-refractivity contribution < 1.29 is 20.1 Å². The third kappa shape index (κ3) is 16.4. The average Bonchev–Trinajstić information content (AvgIpc) is 2.61. The lowest BCUT2D eigenvalue weighted by atomic mass is 10.2. The number of allylic oxidation sites excluding steroid dienone is 10. The fourth-order valence-electron chi connectivity index (χ4n) is 1.93. The molecular weight excluding hydrogens is 328 g/mol. The maximum Gasteiger partial charge on any atom is 0.303 e. The summed E-state index contributed by atoms with van der Waals surface area (Å²) in [6, 6.07) is 0. The first-order chi connectivity index (χ1) is 12.6. The molecule has 4 nitrogen and oxygen atoms in total. The van der Waals surface area contributed by atoms with Crippen LogP contribution < -0.4 is 0 Å². The van der Waals surface area contributed by atoms with Crippen molar-refractivity contribution in [1.29, 1.82) is 0 Å². The Morgan fingerprint density at radius 2 is 1.08 bits per heavy atom. The Kier molecular flexibility index (Phi) is 15.7. The van der Waals surface area contributed by atoms with E-state index in [4.69, 9.17) is 5.11 Å². The van der Waals surface area contributed by atoms with E-state index in [1.807, 2.05) is 48.6 Å². The number of aliphatic carboxylic acids is 1. The predicted octanol–water partition coefficient (Wildman–Crippen LogP) is 6.32. The van der Waals surface area contributed by atoms with Gasteiger partial charge in [0.2, 0.25) is 0 Å². The molecule has 3 N–H and O–H groups in total. The maximum atomic E-state index is 10.3. The number of hydrogen-bond acceptors (Lipinski definition) is 3. The van der Waals surface area contributed by atoms with Gasteiger partial charge in [-0.05, 0) is 32.1 Å². The van der Waals surface area contributed by atoms with Crippen LogP contribution in [0.4, 0.5) is 0 Å². The van der Waals surface area contributed by atoms with Gasteiger partial charge in [-0.2, -0.15) is 0 Å². The summed E-state index contributed by atoms with van der Waals surface area (Å²) >= 11 is 0. The van der Waals surface area contributed by atoms with Crippen LogP contribution in [0.15, 0.2) is 72.3 Å². The molecule has 0 unspecified atom stereocenters. The van der Waals surface area contributed by atoms with Crippen molar-refractivity contribution in [2.45, 2.75) is 58.3 Å². The molecule has 0 rings (SSSR count). The van der Waals surface area contributed by atoms with Crippen LogP contribution in [0, 0.1) is 0 Å². The Balaban J connectivity index is 3.92. The standard InChI is InChI=1S/C22H32O4/c1-2-3-4-5-11-14-17-20(23)21(24)18-15-12-9-7-6-8-10-13-16-19-22(25)26/h3-4,6-7,10-15,23-24H,2,5,8-9,16-19H2,1H3,(H,25,26)/b4-3-,7-6-,13-10-,14-11-,15-12-,21-20-. The fourth-order valence-corrected chi connectivity index (χ4v) is 1.93. The van der Waals surface area contributed by atoms with Crippen LogP contribution in [0.3, 0.4) is 0 Å². The molecular formula is C22H32O4. The van der Waals surface area contributed by atoms with Gasteiger partial charge in [0.25, 0.3) is 0 Å². The summed E-state index contributed by atoms with van der Waals surface area (Å²) in [5.41, 5.74) is 0. The first-order valence-electron chi connectivity index (χ1n) is 9.14. The summed E-state index contributed by atoms with van der Waals surface area (Å²) in [7, 11) is 0. The maximum absolute atomic E-state index is 10.3. The van der Waals surface area contributed by atoms with Crippen LogP contribution in [0.5, 0.6) is 0 Å². The Morgan fingerprint density at radius 1 is 0.654 bits per heavy atom. The molecule has 0 bridgehead atoms. The third-order valence-corrected chi connectivity index (χ3v) is 3.37. The number of carbonyl (C=O) groups is 1. The molecule has 0 saturated heterocycles. The second kappa shape index (κ2) is 17.3. The second-order valence-corrected chi connectivity index (χ2v) is 5.71. The van der Waals surface area contributed by atoms with Crippen molar-refractivity contribution in [2.75, 3.05) is 0 Å². The molecule has 0 aliphatic rings. The van der Waals surface area contributed by atoms with Crippen LogP contribution >= 0.6 is 0 Å². The highest BCUT2D eigenvalue weighted by Crippen LogP contribution is 2.09. The van der Waals surface area contributed by atoms with Crippen molar-refractivity contribution >= 4 is 5.97 Å². The lowest BCUT2D eigenvalue weighted by molar-refractivity contribution is -0.136. The number of aliphatic hydroxyl groups excluding tert-OH is 2. The molecule has 0 aromatic carbocycles. The van der Waals surface area contributed by atoms with Gasteiger partial charge in [0.1, 0.15) is 11.5 Å². The second-order valence-electron chi connectivity index (χ2n) is 5.71. The minimum absolute atomic E-state index is 0.000318. The molecule has 0 aliphatic heterocycles. The minimum atomic E-state index is -0.779. The Labute approximate surface area is 157 Å². The summed E-state index contributed by atoms with van der Waals surface area (Å²) in [6.07, 6.45) is 24.3. The van der Waals surface area contributed by atoms with Crippen LogP contribution in [0.2, 0.25) is 0 Å². The summed E-state index contributed by atoms with van der Waals surface area (Å²) in [6.45, 7) is 2.08. The molecule has 0 aliphatic carbocycles. The van der Waals surface area contributed by atoms with Gasteiger partial charge >= 0.3 is 5.97 Å². The van der Waals surface area contributed by atoms with Crippen molar-refractivity contribution in [1.82, 2.24) is 0 Å². The first kappa shape index (κ1) is 23.5. The van der Waals surface area contributed by atoms with E-state index in [2.05, 4.69) is 19.1 Å².